The summed E-state index contributed by atoms with van der Waals surface area (Å²) < 4.78 is 17.4. The number of aromatic nitrogens is 2. The molecule has 31 heavy (non-hydrogen) atoms. The summed E-state index contributed by atoms with van der Waals surface area (Å²) in [6.07, 6.45) is 3.11. The summed E-state index contributed by atoms with van der Waals surface area (Å²) in [7, 11) is 3.00. The zero-order valence-corrected chi connectivity index (χ0v) is 16.6. The second-order valence-electron chi connectivity index (χ2n) is 6.55. The molecule has 4 rings (SSSR count). The molecule has 156 valence electrons. The third kappa shape index (κ3) is 4.15. The van der Waals surface area contributed by atoms with E-state index < -0.39 is 10.9 Å². The SMILES string of the molecule is COc1cc(OC)cc(C(=O)Oc2ccc(-c3cn4cc([N+](=O)[O-])ccc4n3)cc2)c1. The molecule has 0 atom stereocenters. The molecule has 2 aromatic carbocycles. The molecule has 0 saturated carbocycles. The van der Waals surface area contributed by atoms with Gasteiger partial charge in [-0.05, 0) is 42.5 Å². The van der Waals surface area contributed by atoms with Crippen molar-refractivity contribution in [3.8, 4) is 28.5 Å². The van der Waals surface area contributed by atoms with Crippen molar-refractivity contribution in [2.45, 2.75) is 0 Å². The number of benzene rings is 2. The van der Waals surface area contributed by atoms with Crippen molar-refractivity contribution in [3.63, 3.8) is 0 Å². The van der Waals surface area contributed by atoms with Crippen LogP contribution in [0.25, 0.3) is 16.9 Å². The van der Waals surface area contributed by atoms with Crippen LogP contribution in [0.1, 0.15) is 10.4 Å². The molecule has 0 aliphatic heterocycles. The lowest BCUT2D eigenvalue weighted by atomic mass is 10.1. The summed E-state index contributed by atoms with van der Waals surface area (Å²) >= 11 is 0. The minimum atomic E-state index is -0.551. The van der Waals surface area contributed by atoms with Gasteiger partial charge in [0, 0.05) is 23.9 Å². The highest BCUT2D eigenvalue weighted by molar-refractivity contribution is 5.92. The van der Waals surface area contributed by atoms with Crippen LogP contribution in [0.15, 0.2) is 67.0 Å². The van der Waals surface area contributed by atoms with Gasteiger partial charge in [0.25, 0.3) is 5.69 Å². The van der Waals surface area contributed by atoms with Crippen LogP contribution < -0.4 is 14.2 Å². The molecule has 9 nitrogen and oxygen atoms in total. The fourth-order valence-electron chi connectivity index (χ4n) is 3.01. The van der Waals surface area contributed by atoms with E-state index in [4.69, 9.17) is 14.2 Å². The Morgan fingerprint density at radius 1 is 0.935 bits per heavy atom. The van der Waals surface area contributed by atoms with Gasteiger partial charge in [0.15, 0.2) is 0 Å². The quantitative estimate of drug-likeness (QED) is 0.200. The van der Waals surface area contributed by atoms with Crippen LogP contribution in [0.4, 0.5) is 5.69 Å². The Labute approximate surface area is 176 Å². The normalized spacial score (nSPS) is 10.6. The molecular formula is C22H17N3O6. The second-order valence-corrected chi connectivity index (χ2v) is 6.55. The van der Waals surface area contributed by atoms with Gasteiger partial charge in [-0.3, -0.25) is 14.5 Å². The molecule has 4 aromatic rings. The molecule has 0 bridgehead atoms. The lowest BCUT2D eigenvalue weighted by Crippen LogP contribution is -2.09. The maximum absolute atomic E-state index is 12.5. The van der Waals surface area contributed by atoms with Crippen LogP contribution in [-0.4, -0.2) is 34.5 Å². The molecule has 0 N–H and O–H groups in total. The van der Waals surface area contributed by atoms with E-state index in [9.17, 15) is 14.9 Å². The number of ether oxygens (including phenoxy) is 3. The molecule has 0 unspecified atom stereocenters. The lowest BCUT2D eigenvalue weighted by molar-refractivity contribution is -0.385. The van der Waals surface area contributed by atoms with Crippen molar-refractivity contribution in [3.05, 3.63) is 82.7 Å². The van der Waals surface area contributed by atoms with Gasteiger partial charge in [0.1, 0.15) is 22.9 Å². The Morgan fingerprint density at radius 2 is 1.61 bits per heavy atom. The number of nitro groups is 1. The second kappa shape index (κ2) is 8.15. The van der Waals surface area contributed by atoms with Crippen LogP contribution in [0.2, 0.25) is 0 Å². The zero-order chi connectivity index (χ0) is 22.0. The van der Waals surface area contributed by atoms with Gasteiger partial charge >= 0.3 is 5.97 Å². The number of imidazole rings is 1. The first kappa shape index (κ1) is 19.9. The number of nitrogens with zero attached hydrogens (tertiary/aromatic N) is 3. The maximum Gasteiger partial charge on any atom is 0.343 e. The Kier molecular flexibility index (Phi) is 5.23. The van der Waals surface area contributed by atoms with Gasteiger partial charge in [0.2, 0.25) is 0 Å². The van der Waals surface area contributed by atoms with Crippen LogP contribution in [0.3, 0.4) is 0 Å². The third-order valence-electron chi connectivity index (χ3n) is 4.59. The monoisotopic (exact) mass is 419 g/mol. The fourth-order valence-corrected chi connectivity index (χ4v) is 3.01. The fraction of sp³-hybridized carbons (Fsp3) is 0.0909. The van der Waals surface area contributed by atoms with E-state index in [1.54, 1.807) is 59.1 Å². The minimum absolute atomic E-state index is 0.0205. The molecule has 2 aromatic heterocycles. The van der Waals surface area contributed by atoms with Crippen LogP contribution in [-0.2, 0) is 0 Å². The van der Waals surface area contributed by atoms with Gasteiger partial charge in [-0.2, -0.15) is 0 Å². The molecule has 0 radical (unpaired) electrons. The number of hydrogen-bond donors (Lipinski definition) is 0. The molecule has 9 heteroatoms. The lowest BCUT2D eigenvalue weighted by Gasteiger charge is -2.09. The van der Waals surface area contributed by atoms with E-state index in [1.165, 1.54) is 26.5 Å². The Morgan fingerprint density at radius 3 is 2.23 bits per heavy atom. The standard InChI is InChI=1S/C22H17N3O6/c1-29-18-9-15(10-19(11-18)30-2)22(26)31-17-6-3-14(4-7-17)20-13-24-12-16(25(27)28)5-8-21(24)23-20/h3-13H,1-2H3. The van der Waals surface area contributed by atoms with Gasteiger partial charge in [-0.15, -0.1) is 0 Å². The van der Waals surface area contributed by atoms with E-state index in [0.717, 1.165) is 5.56 Å². The predicted molar refractivity (Wildman–Crippen MR) is 112 cm³/mol. The van der Waals surface area contributed by atoms with Crippen LogP contribution >= 0.6 is 0 Å². The van der Waals surface area contributed by atoms with Crippen molar-refractivity contribution in [1.29, 1.82) is 0 Å². The molecule has 0 aliphatic carbocycles. The number of rotatable bonds is 6. The maximum atomic E-state index is 12.5. The largest absolute Gasteiger partial charge is 0.497 e. The average Bonchev–Trinajstić information content (AvgIpc) is 3.22. The first-order chi connectivity index (χ1) is 15.0. The average molecular weight is 419 g/mol. The summed E-state index contributed by atoms with van der Waals surface area (Å²) in [5, 5.41) is 10.9. The van der Waals surface area contributed by atoms with E-state index >= 15 is 0 Å². The number of fused-ring (bicyclic) bond motifs is 1. The van der Waals surface area contributed by atoms with E-state index in [0.29, 0.717) is 34.2 Å². The molecular weight excluding hydrogens is 402 g/mol. The van der Waals surface area contributed by atoms with E-state index in [-0.39, 0.29) is 5.69 Å². The molecule has 0 fully saturated rings. The Balaban J connectivity index is 1.54. The van der Waals surface area contributed by atoms with Gasteiger partial charge in [-0.25, -0.2) is 9.78 Å². The van der Waals surface area contributed by atoms with Crippen LogP contribution in [0, 0.1) is 10.1 Å². The van der Waals surface area contributed by atoms with Gasteiger partial charge in [0.05, 0.1) is 36.6 Å². The highest BCUT2D eigenvalue weighted by atomic mass is 16.6. The van der Waals surface area contributed by atoms with Crippen molar-refractivity contribution in [2.24, 2.45) is 0 Å². The van der Waals surface area contributed by atoms with Crippen molar-refractivity contribution < 1.29 is 23.9 Å². The highest BCUT2D eigenvalue weighted by Crippen LogP contribution is 2.26. The molecule has 0 amide bonds. The highest BCUT2D eigenvalue weighted by Gasteiger charge is 2.13. The Bertz CT molecular complexity index is 1260. The Hall–Kier alpha value is -4.40. The first-order valence-electron chi connectivity index (χ1n) is 9.15. The first-order valence-corrected chi connectivity index (χ1v) is 9.15. The van der Waals surface area contributed by atoms with Crippen molar-refractivity contribution in [2.75, 3.05) is 14.2 Å². The summed E-state index contributed by atoms with van der Waals surface area (Å²) in [6.45, 7) is 0. The van der Waals surface area contributed by atoms with Crippen molar-refractivity contribution in [1.82, 2.24) is 9.38 Å². The third-order valence-corrected chi connectivity index (χ3v) is 4.59. The number of hydrogen-bond acceptors (Lipinski definition) is 7. The number of carbonyl (C=O) groups is 1. The topological polar surface area (TPSA) is 105 Å². The number of carbonyl (C=O) groups excluding carboxylic acids is 1. The zero-order valence-electron chi connectivity index (χ0n) is 16.6. The number of methoxy groups -OCH3 is 2. The summed E-state index contributed by atoms with van der Waals surface area (Å²) in [5.41, 5.74) is 2.27. The molecule has 0 spiro atoms. The molecule has 0 aliphatic rings. The number of pyridine rings is 1. The smallest absolute Gasteiger partial charge is 0.343 e. The number of esters is 1. The molecule has 0 saturated heterocycles. The summed E-state index contributed by atoms with van der Waals surface area (Å²) in [4.78, 5) is 27.4. The van der Waals surface area contributed by atoms with Gasteiger partial charge in [-0.1, -0.05) is 0 Å². The summed E-state index contributed by atoms with van der Waals surface area (Å²) in [6, 6.07) is 14.6. The summed E-state index contributed by atoms with van der Waals surface area (Å²) in [5.74, 6) is 0.766. The predicted octanol–water partition coefficient (Wildman–Crippen LogP) is 4.15. The molecule has 2 heterocycles. The van der Waals surface area contributed by atoms with Crippen molar-refractivity contribution >= 4 is 17.3 Å². The van der Waals surface area contributed by atoms with Gasteiger partial charge < -0.3 is 14.2 Å². The minimum Gasteiger partial charge on any atom is -0.497 e. The van der Waals surface area contributed by atoms with E-state index in [2.05, 4.69) is 4.98 Å². The van der Waals surface area contributed by atoms with Crippen LogP contribution in [0.5, 0.6) is 17.2 Å². The van der Waals surface area contributed by atoms with E-state index in [1.807, 2.05) is 0 Å².